The summed E-state index contributed by atoms with van der Waals surface area (Å²) >= 11 is 0. The van der Waals surface area contributed by atoms with Gasteiger partial charge in [0.2, 0.25) is 17.5 Å². The Kier molecular flexibility index (Phi) is 7.66. The first-order chi connectivity index (χ1) is 19.8. The van der Waals surface area contributed by atoms with Crippen LogP contribution in [0, 0.1) is 17.2 Å². The number of rotatable bonds is 8. The number of nitrogens with zero attached hydrogens (tertiary/aromatic N) is 2. The van der Waals surface area contributed by atoms with E-state index in [0.29, 0.717) is 28.3 Å². The van der Waals surface area contributed by atoms with Gasteiger partial charge in [-0.15, -0.1) is 5.10 Å². The molecule has 1 aliphatic rings. The maximum absolute atomic E-state index is 12.9. The van der Waals surface area contributed by atoms with Crippen LogP contribution < -0.4 is 24.7 Å². The van der Waals surface area contributed by atoms with Crippen molar-refractivity contribution in [1.29, 1.82) is 5.26 Å². The molecule has 1 aromatic heterocycles. The summed E-state index contributed by atoms with van der Waals surface area (Å²) < 4.78 is 22.8. The van der Waals surface area contributed by atoms with Crippen LogP contribution in [0.2, 0.25) is 0 Å². The Morgan fingerprint density at radius 2 is 1.73 bits per heavy atom. The predicted octanol–water partition coefficient (Wildman–Crippen LogP) is 5.73. The summed E-state index contributed by atoms with van der Waals surface area (Å²) in [6.45, 7) is 4.36. The number of hydrogen-bond donors (Lipinski definition) is 2. The molecule has 1 atom stereocenters. The standard InChI is InChI=1S/C32H30N4O5/c1-18(2)14-19-10-12-20(13-11-19)28-27-26(23(17-33)30(34)41-31(27)36-35-28)22-15-24(38-3)29(25(16-22)39-4)40-32(37)21-8-6-5-7-9-21/h5-13,15-16,18,26H,14,34H2,1-4H3,(H,35,36). The molecular formula is C32H30N4O5. The van der Waals surface area contributed by atoms with Crippen LogP contribution in [0.3, 0.4) is 0 Å². The number of nitrogens with two attached hydrogens (primary N) is 1. The smallest absolute Gasteiger partial charge is 0.343 e. The lowest BCUT2D eigenvalue weighted by atomic mass is 9.82. The molecular weight excluding hydrogens is 520 g/mol. The van der Waals surface area contributed by atoms with Crippen molar-refractivity contribution in [3.05, 3.63) is 100 Å². The van der Waals surface area contributed by atoms with E-state index in [-0.39, 0.29) is 34.6 Å². The summed E-state index contributed by atoms with van der Waals surface area (Å²) in [7, 11) is 2.93. The third-order valence-corrected chi connectivity index (χ3v) is 6.85. The average Bonchev–Trinajstić information content (AvgIpc) is 3.40. The minimum Gasteiger partial charge on any atom is -0.493 e. The van der Waals surface area contributed by atoms with Gasteiger partial charge < -0.3 is 24.7 Å². The van der Waals surface area contributed by atoms with Gasteiger partial charge in [-0.05, 0) is 47.7 Å². The van der Waals surface area contributed by atoms with Crippen LogP contribution >= 0.6 is 0 Å². The molecule has 0 bridgehead atoms. The lowest BCUT2D eigenvalue weighted by Crippen LogP contribution is -2.21. The third kappa shape index (κ3) is 5.32. The third-order valence-electron chi connectivity index (χ3n) is 6.85. The van der Waals surface area contributed by atoms with Crippen molar-refractivity contribution in [2.45, 2.75) is 26.2 Å². The van der Waals surface area contributed by atoms with E-state index in [1.807, 2.05) is 18.2 Å². The first-order valence-corrected chi connectivity index (χ1v) is 13.1. The van der Waals surface area contributed by atoms with E-state index in [9.17, 15) is 10.1 Å². The Morgan fingerprint density at radius 1 is 1.07 bits per heavy atom. The second-order valence-corrected chi connectivity index (χ2v) is 10.0. The van der Waals surface area contributed by atoms with Crippen molar-refractivity contribution in [3.8, 4) is 40.5 Å². The number of esters is 1. The largest absolute Gasteiger partial charge is 0.493 e. The summed E-state index contributed by atoms with van der Waals surface area (Å²) in [5.41, 5.74) is 10.8. The fraction of sp³-hybridized carbons (Fsp3) is 0.219. The monoisotopic (exact) mass is 550 g/mol. The van der Waals surface area contributed by atoms with E-state index >= 15 is 0 Å². The Balaban J connectivity index is 1.61. The number of methoxy groups -OCH3 is 2. The van der Waals surface area contributed by atoms with Crippen LogP contribution in [0.4, 0.5) is 0 Å². The number of H-pyrrole nitrogens is 1. The fourth-order valence-electron chi connectivity index (χ4n) is 4.97. The maximum atomic E-state index is 12.9. The van der Waals surface area contributed by atoms with Gasteiger partial charge in [0.05, 0.1) is 37.0 Å². The highest BCUT2D eigenvalue weighted by atomic mass is 16.6. The summed E-state index contributed by atoms with van der Waals surface area (Å²) in [5.74, 6) is 0.121. The van der Waals surface area contributed by atoms with E-state index < -0.39 is 11.9 Å². The Hall–Kier alpha value is -5.23. The van der Waals surface area contributed by atoms with Gasteiger partial charge in [0, 0.05) is 5.56 Å². The minimum atomic E-state index is -0.672. The number of allylic oxidation sites excluding steroid dienone is 1. The highest BCUT2D eigenvalue weighted by Gasteiger charge is 2.37. The van der Waals surface area contributed by atoms with Gasteiger partial charge in [0.1, 0.15) is 11.6 Å². The number of carbonyl (C=O) groups excluding carboxylic acids is 1. The molecule has 0 amide bonds. The topological polar surface area (TPSA) is 132 Å². The zero-order chi connectivity index (χ0) is 29.1. The molecule has 1 unspecified atom stereocenters. The highest BCUT2D eigenvalue weighted by molar-refractivity contribution is 5.91. The van der Waals surface area contributed by atoms with Crippen molar-refractivity contribution < 1.29 is 23.7 Å². The Morgan fingerprint density at radius 3 is 2.32 bits per heavy atom. The molecule has 41 heavy (non-hydrogen) atoms. The number of aromatic amines is 1. The summed E-state index contributed by atoms with van der Waals surface area (Å²) in [6, 6.07) is 22.4. The lowest BCUT2D eigenvalue weighted by Gasteiger charge is -2.25. The van der Waals surface area contributed by atoms with Crippen LogP contribution in [-0.4, -0.2) is 30.4 Å². The van der Waals surface area contributed by atoms with Gasteiger partial charge in [-0.1, -0.05) is 56.3 Å². The zero-order valence-corrected chi connectivity index (χ0v) is 23.2. The molecule has 0 fully saturated rings. The molecule has 0 aliphatic carbocycles. The molecule has 5 rings (SSSR count). The average molecular weight is 551 g/mol. The lowest BCUT2D eigenvalue weighted by molar-refractivity contribution is 0.0724. The number of fused-ring (bicyclic) bond motifs is 1. The molecule has 3 N–H and O–H groups in total. The number of ether oxygens (including phenoxy) is 4. The minimum absolute atomic E-state index is 0.0483. The molecule has 9 heteroatoms. The fourth-order valence-corrected chi connectivity index (χ4v) is 4.97. The van der Waals surface area contributed by atoms with Crippen LogP contribution in [0.5, 0.6) is 23.1 Å². The quantitative estimate of drug-likeness (QED) is 0.210. The van der Waals surface area contributed by atoms with Gasteiger partial charge >= 0.3 is 5.97 Å². The molecule has 9 nitrogen and oxygen atoms in total. The SMILES string of the molecule is COc1cc(C2C(C#N)=C(N)Oc3n[nH]c(-c4ccc(CC(C)C)cc4)c32)cc(OC)c1OC(=O)c1ccccc1. The van der Waals surface area contributed by atoms with E-state index in [4.69, 9.17) is 24.7 Å². The van der Waals surface area contributed by atoms with Crippen LogP contribution in [0.1, 0.15) is 46.8 Å². The molecule has 2 heterocycles. The van der Waals surface area contributed by atoms with Crippen LogP contribution in [-0.2, 0) is 6.42 Å². The molecule has 0 saturated heterocycles. The first kappa shape index (κ1) is 27.3. The summed E-state index contributed by atoms with van der Waals surface area (Å²) in [5, 5.41) is 17.6. The molecule has 0 saturated carbocycles. The summed E-state index contributed by atoms with van der Waals surface area (Å²) in [4.78, 5) is 12.9. The second-order valence-electron chi connectivity index (χ2n) is 10.0. The van der Waals surface area contributed by atoms with Gasteiger partial charge in [-0.2, -0.15) is 5.26 Å². The number of aromatic nitrogens is 2. The van der Waals surface area contributed by atoms with Crippen molar-refractivity contribution in [2.75, 3.05) is 14.2 Å². The predicted molar refractivity (Wildman–Crippen MR) is 153 cm³/mol. The van der Waals surface area contributed by atoms with E-state index in [1.54, 1.807) is 36.4 Å². The van der Waals surface area contributed by atoms with Gasteiger partial charge in [0.25, 0.3) is 0 Å². The van der Waals surface area contributed by atoms with Gasteiger partial charge in [0.15, 0.2) is 11.5 Å². The summed E-state index contributed by atoms with van der Waals surface area (Å²) in [6.07, 6.45) is 0.964. The number of hydrogen-bond acceptors (Lipinski definition) is 8. The van der Waals surface area contributed by atoms with Gasteiger partial charge in [-0.25, -0.2) is 4.79 Å². The van der Waals surface area contributed by atoms with E-state index in [1.165, 1.54) is 19.8 Å². The van der Waals surface area contributed by atoms with Crippen molar-refractivity contribution in [3.63, 3.8) is 0 Å². The number of carbonyl (C=O) groups is 1. The maximum Gasteiger partial charge on any atom is 0.343 e. The molecule has 1 aliphatic heterocycles. The van der Waals surface area contributed by atoms with Gasteiger partial charge in [-0.3, -0.25) is 5.10 Å². The van der Waals surface area contributed by atoms with Crippen LogP contribution in [0.25, 0.3) is 11.3 Å². The van der Waals surface area contributed by atoms with Crippen LogP contribution in [0.15, 0.2) is 78.2 Å². The second kappa shape index (κ2) is 11.5. The van der Waals surface area contributed by atoms with Crippen molar-refractivity contribution in [1.82, 2.24) is 10.2 Å². The molecule has 0 radical (unpaired) electrons. The molecule has 3 aromatic carbocycles. The Bertz CT molecular complexity index is 1620. The zero-order valence-electron chi connectivity index (χ0n) is 23.2. The molecule has 208 valence electrons. The van der Waals surface area contributed by atoms with E-state index in [0.717, 1.165) is 12.0 Å². The van der Waals surface area contributed by atoms with Crippen molar-refractivity contribution >= 4 is 5.97 Å². The number of benzene rings is 3. The molecule has 0 spiro atoms. The number of nitriles is 1. The number of nitrogens with one attached hydrogen (secondary N) is 1. The van der Waals surface area contributed by atoms with E-state index in [2.05, 4.69) is 42.2 Å². The highest BCUT2D eigenvalue weighted by Crippen LogP contribution is 2.49. The Labute approximate surface area is 238 Å². The van der Waals surface area contributed by atoms with Crippen molar-refractivity contribution in [2.24, 2.45) is 11.7 Å². The first-order valence-electron chi connectivity index (χ1n) is 13.1. The molecule has 4 aromatic rings. The normalized spacial score (nSPS) is 14.2.